The van der Waals surface area contributed by atoms with Gasteiger partial charge >= 0.3 is 0 Å². The predicted molar refractivity (Wildman–Crippen MR) is 49.6 cm³/mol. The smallest absolute Gasteiger partial charge is 0.127 e. The lowest BCUT2D eigenvalue weighted by Gasteiger charge is -2.39. The molecule has 0 spiro atoms. The number of rotatable bonds is 3. The summed E-state index contributed by atoms with van der Waals surface area (Å²) < 4.78 is 0. The van der Waals surface area contributed by atoms with Gasteiger partial charge in [-0.25, -0.2) is 0 Å². The Labute approximate surface area is 82.7 Å². The summed E-state index contributed by atoms with van der Waals surface area (Å²) in [6.07, 6.45) is -0.951. The molecule has 1 fully saturated rings. The maximum Gasteiger partial charge on any atom is 0.127 e. The van der Waals surface area contributed by atoms with Crippen LogP contribution < -0.4 is 5.32 Å². The van der Waals surface area contributed by atoms with Crippen LogP contribution in [0.15, 0.2) is 0 Å². The molecule has 5 unspecified atom stereocenters. The summed E-state index contributed by atoms with van der Waals surface area (Å²) in [7, 11) is 1.69. The molecule has 0 radical (unpaired) electrons. The Morgan fingerprint density at radius 2 is 2.07 bits per heavy atom. The lowest BCUT2D eigenvalue weighted by molar-refractivity contribution is -0.131. The minimum atomic E-state index is -1.09. The van der Waals surface area contributed by atoms with E-state index in [1.165, 1.54) is 0 Å². The second-order valence-corrected chi connectivity index (χ2v) is 3.77. The van der Waals surface area contributed by atoms with Crippen LogP contribution in [0.25, 0.3) is 0 Å². The van der Waals surface area contributed by atoms with Gasteiger partial charge in [0.15, 0.2) is 0 Å². The van der Waals surface area contributed by atoms with E-state index >= 15 is 0 Å². The second kappa shape index (κ2) is 4.84. The van der Waals surface area contributed by atoms with Gasteiger partial charge in [0.25, 0.3) is 0 Å². The van der Waals surface area contributed by atoms with E-state index in [4.69, 9.17) is 5.11 Å². The first-order valence-corrected chi connectivity index (χ1v) is 4.75. The van der Waals surface area contributed by atoms with E-state index in [0.717, 1.165) is 0 Å². The predicted octanol–water partition coefficient (Wildman–Crippen LogP) is -1.88. The maximum atomic E-state index is 10.7. The van der Waals surface area contributed by atoms with Crippen LogP contribution in [0.1, 0.15) is 6.42 Å². The monoisotopic (exact) mass is 203 g/mol. The molecule has 1 aliphatic carbocycles. The van der Waals surface area contributed by atoms with Crippen molar-refractivity contribution in [2.75, 3.05) is 13.7 Å². The van der Waals surface area contributed by atoms with Gasteiger partial charge in [0.1, 0.15) is 6.29 Å². The molecule has 82 valence electrons. The molecule has 0 bridgehead atoms. The van der Waals surface area contributed by atoms with Gasteiger partial charge in [-0.2, -0.15) is 0 Å². The molecule has 0 aromatic rings. The molecule has 1 rings (SSSR count). The van der Waals surface area contributed by atoms with E-state index in [-0.39, 0.29) is 18.6 Å². The van der Waals surface area contributed by atoms with Gasteiger partial charge in [0.05, 0.1) is 18.1 Å². The third kappa shape index (κ3) is 1.95. The summed E-state index contributed by atoms with van der Waals surface area (Å²) in [5, 5.41) is 31.0. The topological polar surface area (TPSA) is 89.8 Å². The van der Waals surface area contributed by atoms with E-state index in [0.29, 0.717) is 12.7 Å². The molecule has 0 saturated heterocycles. The number of aliphatic hydroxyl groups is 3. The highest BCUT2D eigenvalue weighted by atomic mass is 16.3. The van der Waals surface area contributed by atoms with Crippen LogP contribution >= 0.6 is 0 Å². The fourth-order valence-electron chi connectivity index (χ4n) is 2.04. The van der Waals surface area contributed by atoms with Crippen molar-refractivity contribution in [2.24, 2.45) is 11.8 Å². The number of hydrogen-bond donors (Lipinski definition) is 4. The first-order chi connectivity index (χ1) is 6.65. The molecule has 1 saturated carbocycles. The molecule has 5 heteroatoms. The number of aliphatic hydroxyl groups excluding tert-OH is 3. The van der Waals surface area contributed by atoms with Crippen LogP contribution in [-0.2, 0) is 4.79 Å². The Morgan fingerprint density at radius 3 is 2.50 bits per heavy atom. The van der Waals surface area contributed by atoms with Crippen molar-refractivity contribution < 1.29 is 20.1 Å². The van der Waals surface area contributed by atoms with Crippen LogP contribution in [0.3, 0.4) is 0 Å². The molecule has 14 heavy (non-hydrogen) atoms. The van der Waals surface area contributed by atoms with Crippen molar-refractivity contribution in [2.45, 2.75) is 24.7 Å². The maximum absolute atomic E-state index is 10.7. The highest BCUT2D eigenvalue weighted by Gasteiger charge is 2.42. The summed E-state index contributed by atoms with van der Waals surface area (Å²) in [4.78, 5) is 10.7. The fraction of sp³-hybridized carbons (Fsp3) is 0.889. The van der Waals surface area contributed by atoms with E-state index in [2.05, 4.69) is 5.32 Å². The lowest BCUT2D eigenvalue weighted by atomic mass is 9.75. The van der Waals surface area contributed by atoms with E-state index in [1.807, 2.05) is 0 Å². The zero-order valence-corrected chi connectivity index (χ0v) is 8.13. The standard InChI is InChI=1S/C9H17NO4/c1-10-7-2-5(3-11)8(13)9(14)6(7)4-12/h4-11,13-14H,2-3H2,1H3. The van der Waals surface area contributed by atoms with Gasteiger partial charge < -0.3 is 25.4 Å². The summed E-state index contributed by atoms with van der Waals surface area (Å²) in [5.74, 6) is -0.962. The zero-order valence-electron chi connectivity index (χ0n) is 8.13. The Kier molecular flexibility index (Phi) is 4.00. The molecule has 0 aromatic carbocycles. The molecule has 1 aliphatic rings. The summed E-state index contributed by atoms with van der Waals surface area (Å²) in [5.41, 5.74) is 0. The van der Waals surface area contributed by atoms with Crippen molar-refractivity contribution >= 4 is 6.29 Å². The number of hydrogen-bond acceptors (Lipinski definition) is 5. The summed E-state index contributed by atoms with van der Waals surface area (Å²) in [6.45, 7) is -0.179. The third-order valence-corrected chi connectivity index (χ3v) is 3.01. The average Bonchev–Trinajstić information content (AvgIpc) is 2.21. The van der Waals surface area contributed by atoms with E-state index < -0.39 is 18.1 Å². The van der Waals surface area contributed by atoms with Crippen LogP contribution in [0, 0.1) is 11.8 Å². The number of nitrogens with one attached hydrogen (secondary N) is 1. The van der Waals surface area contributed by atoms with Gasteiger partial charge in [0.2, 0.25) is 0 Å². The third-order valence-electron chi connectivity index (χ3n) is 3.01. The first kappa shape index (κ1) is 11.6. The van der Waals surface area contributed by atoms with Crippen LogP contribution in [0.2, 0.25) is 0 Å². The van der Waals surface area contributed by atoms with Crippen molar-refractivity contribution in [1.29, 1.82) is 0 Å². The SMILES string of the molecule is CNC1CC(CO)C(O)C(O)C1C=O. The average molecular weight is 203 g/mol. The Bertz CT molecular complexity index is 197. The molecule has 0 heterocycles. The molecule has 5 nitrogen and oxygen atoms in total. The Hall–Kier alpha value is -0.490. The number of carbonyl (C=O) groups excluding carboxylic acids is 1. The number of aldehydes is 1. The zero-order chi connectivity index (χ0) is 10.7. The van der Waals surface area contributed by atoms with E-state index in [9.17, 15) is 15.0 Å². The minimum Gasteiger partial charge on any atom is -0.396 e. The van der Waals surface area contributed by atoms with Crippen LogP contribution in [0.5, 0.6) is 0 Å². The van der Waals surface area contributed by atoms with Gasteiger partial charge in [-0.1, -0.05) is 0 Å². The first-order valence-electron chi connectivity index (χ1n) is 4.75. The van der Waals surface area contributed by atoms with E-state index in [1.54, 1.807) is 7.05 Å². The molecule has 4 N–H and O–H groups in total. The quantitative estimate of drug-likeness (QED) is 0.403. The van der Waals surface area contributed by atoms with Crippen molar-refractivity contribution in [3.05, 3.63) is 0 Å². The van der Waals surface area contributed by atoms with Gasteiger partial charge in [-0.05, 0) is 13.5 Å². The molecular formula is C9H17NO4. The van der Waals surface area contributed by atoms with Crippen molar-refractivity contribution in [1.82, 2.24) is 5.32 Å². The van der Waals surface area contributed by atoms with Gasteiger partial charge in [0, 0.05) is 18.6 Å². The lowest BCUT2D eigenvalue weighted by Crippen LogP contribution is -2.55. The summed E-state index contributed by atoms with van der Waals surface area (Å²) >= 11 is 0. The Morgan fingerprint density at radius 1 is 1.43 bits per heavy atom. The normalized spacial score (nSPS) is 43.6. The number of carbonyl (C=O) groups is 1. The van der Waals surface area contributed by atoms with Gasteiger partial charge in [-0.3, -0.25) is 0 Å². The van der Waals surface area contributed by atoms with Crippen molar-refractivity contribution in [3.8, 4) is 0 Å². The highest BCUT2D eigenvalue weighted by Crippen LogP contribution is 2.28. The van der Waals surface area contributed by atoms with Crippen LogP contribution in [-0.4, -0.2) is 53.5 Å². The van der Waals surface area contributed by atoms with Crippen molar-refractivity contribution in [3.63, 3.8) is 0 Å². The minimum absolute atomic E-state index is 0.178. The molecule has 0 aromatic heterocycles. The summed E-state index contributed by atoms with van der Waals surface area (Å²) in [6, 6.07) is -0.178. The molecular weight excluding hydrogens is 186 g/mol. The fourth-order valence-corrected chi connectivity index (χ4v) is 2.04. The Balaban J connectivity index is 2.76. The highest BCUT2D eigenvalue weighted by molar-refractivity contribution is 5.56. The van der Waals surface area contributed by atoms with Gasteiger partial charge in [-0.15, -0.1) is 0 Å². The van der Waals surface area contributed by atoms with Crippen LogP contribution in [0.4, 0.5) is 0 Å². The molecule has 0 aliphatic heterocycles. The second-order valence-electron chi connectivity index (χ2n) is 3.77. The molecule has 0 amide bonds. The largest absolute Gasteiger partial charge is 0.396 e. The molecule has 5 atom stereocenters.